The lowest BCUT2D eigenvalue weighted by Crippen LogP contribution is -2.24. The number of amides is 1. The zero-order valence-electron chi connectivity index (χ0n) is 14.2. The largest absolute Gasteiger partial charge is 0.462 e. The number of nitrogens with zero attached hydrogens (tertiary/aromatic N) is 1. The quantitative estimate of drug-likeness (QED) is 0.465. The number of esters is 1. The second kappa shape index (κ2) is 8.48. The van der Waals surface area contributed by atoms with E-state index in [1.54, 1.807) is 45.0 Å². The number of carbonyl (C=O) groups is 2. The fraction of sp³-hybridized carbons (Fsp3) is 0.294. The fourth-order valence-corrected chi connectivity index (χ4v) is 2.90. The smallest absolute Gasteiger partial charge is 0.340 e. The van der Waals surface area contributed by atoms with Crippen LogP contribution in [0.3, 0.4) is 0 Å². The summed E-state index contributed by atoms with van der Waals surface area (Å²) in [5.74, 6) is -0.811. The molecule has 8 heteroatoms. The Morgan fingerprint density at radius 2 is 2.08 bits per heavy atom. The monoisotopic (exact) mass is 361 g/mol. The third-order valence-corrected chi connectivity index (χ3v) is 4.17. The molecule has 25 heavy (non-hydrogen) atoms. The third-order valence-electron chi connectivity index (χ3n) is 3.19. The Bertz CT molecular complexity index is 835. The van der Waals surface area contributed by atoms with E-state index in [-0.39, 0.29) is 23.6 Å². The fourth-order valence-electron chi connectivity index (χ4n) is 2.04. The average Bonchev–Trinajstić information content (AvgIpc) is 2.54. The molecule has 0 saturated heterocycles. The summed E-state index contributed by atoms with van der Waals surface area (Å²) in [6.07, 6.45) is 0. The molecule has 132 valence electrons. The number of rotatable bonds is 6. The molecule has 1 heterocycles. The average molecular weight is 361 g/mol. The molecule has 0 aliphatic heterocycles. The number of benzene rings is 1. The van der Waals surface area contributed by atoms with Gasteiger partial charge in [-0.05, 0) is 32.9 Å². The topological polar surface area (TPSA) is 101 Å². The van der Waals surface area contributed by atoms with Crippen LogP contribution in [-0.2, 0) is 9.53 Å². The molecular weight excluding hydrogens is 342 g/mol. The summed E-state index contributed by atoms with van der Waals surface area (Å²) >= 11 is 1.13. The molecule has 1 atom stereocenters. The van der Waals surface area contributed by atoms with Crippen LogP contribution in [0.5, 0.6) is 0 Å². The molecule has 0 aliphatic rings. The molecule has 0 fully saturated rings. The van der Waals surface area contributed by atoms with Gasteiger partial charge in [0, 0.05) is 11.8 Å². The van der Waals surface area contributed by atoms with Gasteiger partial charge >= 0.3 is 5.97 Å². The Kier molecular flexibility index (Phi) is 6.35. The molecule has 1 aromatic carbocycles. The van der Waals surface area contributed by atoms with E-state index in [0.29, 0.717) is 16.5 Å². The van der Waals surface area contributed by atoms with Crippen molar-refractivity contribution in [3.05, 3.63) is 51.9 Å². The van der Waals surface area contributed by atoms with E-state index in [4.69, 9.17) is 4.74 Å². The Balaban J connectivity index is 2.11. The summed E-state index contributed by atoms with van der Waals surface area (Å²) in [5.41, 5.74) is 0.975. The molecule has 1 aromatic heterocycles. The van der Waals surface area contributed by atoms with Crippen molar-refractivity contribution in [3.8, 4) is 0 Å². The van der Waals surface area contributed by atoms with E-state index in [1.807, 2.05) is 0 Å². The first-order chi connectivity index (χ1) is 11.9. The summed E-state index contributed by atoms with van der Waals surface area (Å²) < 4.78 is 4.99. The molecule has 2 N–H and O–H groups in total. The van der Waals surface area contributed by atoms with Crippen molar-refractivity contribution in [3.63, 3.8) is 0 Å². The molecule has 0 aliphatic carbocycles. The predicted molar refractivity (Wildman–Crippen MR) is 95.9 cm³/mol. The molecule has 0 bridgehead atoms. The Morgan fingerprint density at radius 3 is 2.76 bits per heavy atom. The Morgan fingerprint density at radius 1 is 1.36 bits per heavy atom. The van der Waals surface area contributed by atoms with Gasteiger partial charge in [-0.3, -0.25) is 9.59 Å². The maximum Gasteiger partial charge on any atom is 0.340 e. The zero-order valence-corrected chi connectivity index (χ0v) is 15.0. The number of aromatic nitrogens is 2. The highest BCUT2D eigenvalue weighted by molar-refractivity contribution is 8.00. The molecule has 0 saturated carbocycles. The molecule has 0 spiro atoms. The second-order valence-electron chi connectivity index (χ2n) is 5.21. The lowest BCUT2D eigenvalue weighted by Gasteiger charge is -2.14. The van der Waals surface area contributed by atoms with Crippen LogP contribution in [0.15, 0.2) is 40.3 Å². The Hall–Kier alpha value is -2.61. The van der Waals surface area contributed by atoms with Crippen LogP contribution in [0.25, 0.3) is 0 Å². The summed E-state index contributed by atoms with van der Waals surface area (Å²) in [6, 6.07) is 8.01. The van der Waals surface area contributed by atoms with E-state index in [0.717, 1.165) is 11.8 Å². The first kappa shape index (κ1) is 18.7. The SMILES string of the molecule is CCOC(=O)c1ccccc1NC(=O)C(C)Sc1nc(C)cc(=O)[nH]1. The number of nitrogens with one attached hydrogen (secondary N) is 2. The van der Waals surface area contributed by atoms with Crippen LogP contribution in [0.1, 0.15) is 29.9 Å². The summed E-state index contributed by atoms with van der Waals surface area (Å²) in [6.45, 7) is 5.36. The number of hydrogen-bond acceptors (Lipinski definition) is 6. The Labute approximate surface area is 149 Å². The maximum absolute atomic E-state index is 12.4. The van der Waals surface area contributed by atoms with Crippen molar-refractivity contribution in [2.24, 2.45) is 0 Å². The number of ether oxygens (including phenoxy) is 1. The molecule has 0 radical (unpaired) electrons. The number of H-pyrrole nitrogens is 1. The summed E-state index contributed by atoms with van der Waals surface area (Å²) in [4.78, 5) is 42.6. The maximum atomic E-state index is 12.4. The van der Waals surface area contributed by atoms with Gasteiger partial charge in [-0.1, -0.05) is 23.9 Å². The third kappa shape index (κ3) is 5.18. The van der Waals surface area contributed by atoms with Gasteiger partial charge in [0.2, 0.25) is 5.91 Å². The van der Waals surface area contributed by atoms with E-state index >= 15 is 0 Å². The number of anilines is 1. The van der Waals surface area contributed by atoms with Crippen molar-refractivity contribution in [1.29, 1.82) is 0 Å². The van der Waals surface area contributed by atoms with Gasteiger partial charge in [0.1, 0.15) is 0 Å². The minimum Gasteiger partial charge on any atom is -0.462 e. The van der Waals surface area contributed by atoms with Crippen molar-refractivity contribution in [1.82, 2.24) is 9.97 Å². The van der Waals surface area contributed by atoms with Crippen LogP contribution in [0.4, 0.5) is 5.69 Å². The predicted octanol–water partition coefficient (Wildman–Crippen LogP) is 2.37. The standard InChI is InChI=1S/C17H19N3O4S/c1-4-24-16(23)12-7-5-6-8-13(12)19-15(22)11(3)25-17-18-10(2)9-14(21)20-17/h5-9,11H,4H2,1-3H3,(H,19,22)(H,18,20,21). The highest BCUT2D eigenvalue weighted by atomic mass is 32.2. The van der Waals surface area contributed by atoms with E-state index in [9.17, 15) is 14.4 Å². The van der Waals surface area contributed by atoms with E-state index in [1.165, 1.54) is 6.07 Å². The minimum absolute atomic E-state index is 0.250. The van der Waals surface area contributed by atoms with Crippen molar-refractivity contribution < 1.29 is 14.3 Å². The van der Waals surface area contributed by atoms with Gasteiger partial charge in [0.15, 0.2) is 5.16 Å². The van der Waals surface area contributed by atoms with Crippen LogP contribution in [0.2, 0.25) is 0 Å². The normalized spacial score (nSPS) is 11.6. The molecule has 1 amide bonds. The lowest BCUT2D eigenvalue weighted by atomic mass is 10.1. The van der Waals surface area contributed by atoms with Crippen LogP contribution in [0, 0.1) is 6.92 Å². The number of aromatic amines is 1. The zero-order chi connectivity index (χ0) is 18.4. The number of thioether (sulfide) groups is 1. The first-order valence-electron chi connectivity index (χ1n) is 7.72. The highest BCUT2D eigenvalue weighted by Gasteiger charge is 2.19. The van der Waals surface area contributed by atoms with Gasteiger partial charge in [-0.2, -0.15) is 0 Å². The van der Waals surface area contributed by atoms with Gasteiger partial charge in [0.05, 0.1) is 23.1 Å². The summed E-state index contributed by atoms with van der Waals surface area (Å²) in [5, 5.41) is 2.56. The number of carbonyl (C=O) groups excluding carboxylic acids is 2. The van der Waals surface area contributed by atoms with Gasteiger partial charge in [-0.15, -0.1) is 0 Å². The number of hydrogen-bond donors (Lipinski definition) is 2. The van der Waals surface area contributed by atoms with E-state index in [2.05, 4.69) is 15.3 Å². The van der Waals surface area contributed by atoms with Crippen molar-refractivity contribution >= 4 is 29.3 Å². The van der Waals surface area contributed by atoms with Crippen LogP contribution in [-0.4, -0.2) is 33.7 Å². The van der Waals surface area contributed by atoms with Gasteiger partial charge in [-0.25, -0.2) is 9.78 Å². The minimum atomic E-state index is -0.528. The molecule has 2 rings (SSSR count). The molecule has 2 aromatic rings. The molecule has 7 nitrogen and oxygen atoms in total. The van der Waals surface area contributed by atoms with Gasteiger partial charge < -0.3 is 15.0 Å². The summed E-state index contributed by atoms with van der Waals surface area (Å²) in [7, 11) is 0. The first-order valence-corrected chi connectivity index (χ1v) is 8.60. The van der Waals surface area contributed by atoms with Crippen molar-refractivity contribution in [2.45, 2.75) is 31.2 Å². The molecule has 1 unspecified atom stereocenters. The number of para-hydroxylation sites is 1. The lowest BCUT2D eigenvalue weighted by molar-refractivity contribution is -0.115. The molecular formula is C17H19N3O4S. The number of aryl methyl sites for hydroxylation is 1. The highest BCUT2D eigenvalue weighted by Crippen LogP contribution is 2.22. The van der Waals surface area contributed by atoms with Crippen LogP contribution < -0.4 is 10.9 Å². The van der Waals surface area contributed by atoms with Gasteiger partial charge in [0.25, 0.3) is 5.56 Å². The van der Waals surface area contributed by atoms with E-state index < -0.39 is 11.2 Å². The van der Waals surface area contributed by atoms with Crippen LogP contribution >= 0.6 is 11.8 Å². The second-order valence-corrected chi connectivity index (χ2v) is 6.54. The van der Waals surface area contributed by atoms with Crippen molar-refractivity contribution in [2.75, 3.05) is 11.9 Å².